The number of likely N-dealkylation sites (tertiary alicyclic amines) is 1. The summed E-state index contributed by atoms with van der Waals surface area (Å²) in [7, 11) is 0. The van der Waals surface area contributed by atoms with Gasteiger partial charge in [0, 0.05) is 36.9 Å². The highest BCUT2D eigenvalue weighted by Gasteiger charge is 2.23. The van der Waals surface area contributed by atoms with Gasteiger partial charge >= 0.3 is 0 Å². The number of hydrogen-bond acceptors (Lipinski definition) is 5. The van der Waals surface area contributed by atoms with Crippen molar-refractivity contribution >= 4 is 5.91 Å². The summed E-state index contributed by atoms with van der Waals surface area (Å²) in [5.41, 5.74) is 2.25. The molecule has 6 nitrogen and oxygen atoms in total. The van der Waals surface area contributed by atoms with Gasteiger partial charge in [-0.25, -0.2) is 0 Å². The van der Waals surface area contributed by atoms with E-state index in [0.717, 1.165) is 37.4 Å². The van der Waals surface area contributed by atoms with Gasteiger partial charge in [-0.2, -0.15) is 0 Å². The molecule has 1 saturated heterocycles. The topological polar surface area (TPSA) is 74.7 Å². The molecule has 0 saturated carbocycles. The zero-order valence-corrected chi connectivity index (χ0v) is 15.9. The molecule has 1 amide bonds. The second-order valence-electron chi connectivity index (χ2n) is 6.82. The van der Waals surface area contributed by atoms with Crippen LogP contribution in [0.1, 0.15) is 41.5 Å². The van der Waals surface area contributed by atoms with Gasteiger partial charge in [-0.1, -0.05) is 0 Å². The van der Waals surface area contributed by atoms with E-state index in [9.17, 15) is 9.90 Å². The minimum Gasteiger partial charge on any atom is -0.506 e. The first kappa shape index (κ1) is 19.2. The lowest BCUT2D eigenvalue weighted by Crippen LogP contribution is -2.44. The van der Waals surface area contributed by atoms with Crippen molar-refractivity contribution in [1.82, 2.24) is 15.2 Å². The molecule has 1 fully saturated rings. The van der Waals surface area contributed by atoms with E-state index in [-0.39, 0.29) is 11.7 Å². The highest BCUT2D eigenvalue weighted by Crippen LogP contribution is 2.19. The van der Waals surface area contributed by atoms with Gasteiger partial charge in [-0.05, 0) is 63.1 Å². The van der Waals surface area contributed by atoms with Gasteiger partial charge in [-0.15, -0.1) is 0 Å². The van der Waals surface area contributed by atoms with Crippen LogP contribution in [0.25, 0.3) is 0 Å². The van der Waals surface area contributed by atoms with Gasteiger partial charge in [-0.3, -0.25) is 9.78 Å². The van der Waals surface area contributed by atoms with E-state index in [1.54, 1.807) is 12.1 Å². The van der Waals surface area contributed by atoms with Crippen LogP contribution in [0.3, 0.4) is 0 Å². The summed E-state index contributed by atoms with van der Waals surface area (Å²) in [6.45, 7) is 6.43. The van der Waals surface area contributed by atoms with Crippen molar-refractivity contribution in [3.05, 3.63) is 53.3 Å². The van der Waals surface area contributed by atoms with E-state index in [0.29, 0.717) is 30.5 Å². The highest BCUT2D eigenvalue weighted by atomic mass is 16.5. The van der Waals surface area contributed by atoms with E-state index < -0.39 is 0 Å². The maximum Gasteiger partial charge on any atom is 0.253 e. The lowest BCUT2D eigenvalue weighted by molar-refractivity contribution is 0.0704. The van der Waals surface area contributed by atoms with Gasteiger partial charge in [0.2, 0.25) is 0 Å². The average Bonchev–Trinajstić information content (AvgIpc) is 2.69. The Labute approximate surface area is 160 Å². The molecule has 1 aromatic carbocycles. The number of ether oxygens (including phenoxy) is 1. The van der Waals surface area contributed by atoms with Crippen LogP contribution >= 0.6 is 0 Å². The summed E-state index contributed by atoms with van der Waals surface area (Å²) in [6, 6.07) is 11.1. The summed E-state index contributed by atoms with van der Waals surface area (Å²) in [4.78, 5) is 18.9. The van der Waals surface area contributed by atoms with Crippen LogP contribution in [0.5, 0.6) is 11.5 Å². The Morgan fingerprint density at radius 1 is 1.22 bits per heavy atom. The molecule has 6 heteroatoms. The number of benzene rings is 1. The smallest absolute Gasteiger partial charge is 0.253 e. The average molecular weight is 369 g/mol. The minimum atomic E-state index is 0.0643. The molecule has 0 aliphatic carbocycles. The summed E-state index contributed by atoms with van der Waals surface area (Å²) in [5, 5.41) is 13.3. The fourth-order valence-corrected chi connectivity index (χ4v) is 3.30. The third kappa shape index (κ3) is 4.98. The first-order chi connectivity index (χ1) is 13.1. The van der Waals surface area contributed by atoms with E-state index >= 15 is 0 Å². The van der Waals surface area contributed by atoms with Gasteiger partial charge in [0.1, 0.15) is 11.5 Å². The predicted octanol–water partition coefficient (Wildman–Crippen LogP) is 2.89. The van der Waals surface area contributed by atoms with Crippen LogP contribution in [-0.4, -0.2) is 46.6 Å². The number of nitrogens with zero attached hydrogens (tertiary/aromatic N) is 2. The molecule has 1 aliphatic heterocycles. The number of aryl methyl sites for hydroxylation is 1. The van der Waals surface area contributed by atoms with E-state index in [1.807, 2.05) is 43.0 Å². The molecule has 1 aromatic heterocycles. The van der Waals surface area contributed by atoms with Crippen molar-refractivity contribution < 1.29 is 14.6 Å². The lowest BCUT2D eigenvalue weighted by Gasteiger charge is -2.32. The summed E-state index contributed by atoms with van der Waals surface area (Å²) in [6.07, 6.45) is 1.77. The first-order valence-electron chi connectivity index (χ1n) is 9.48. The van der Waals surface area contributed by atoms with Crippen LogP contribution in [-0.2, 0) is 6.54 Å². The molecule has 0 spiro atoms. The van der Waals surface area contributed by atoms with Crippen LogP contribution in [0.15, 0.2) is 36.4 Å². The molecular formula is C21H27N3O3. The maximum atomic E-state index is 12.7. The molecule has 0 unspecified atom stereocenters. The zero-order valence-electron chi connectivity index (χ0n) is 15.9. The summed E-state index contributed by atoms with van der Waals surface area (Å²) >= 11 is 0. The highest BCUT2D eigenvalue weighted by molar-refractivity contribution is 5.94. The summed E-state index contributed by atoms with van der Waals surface area (Å²) in [5.74, 6) is 1.07. The number of hydrogen-bond donors (Lipinski definition) is 2. The number of carbonyl (C=O) groups is 1. The van der Waals surface area contributed by atoms with Crippen LogP contribution in [0.4, 0.5) is 0 Å². The number of piperidine rings is 1. The second-order valence-corrected chi connectivity index (χ2v) is 6.82. The Morgan fingerprint density at radius 2 is 1.93 bits per heavy atom. The molecule has 1 aliphatic rings. The molecule has 2 N–H and O–H groups in total. The Balaban J connectivity index is 1.49. The minimum absolute atomic E-state index is 0.0643. The molecule has 0 bridgehead atoms. The van der Waals surface area contributed by atoms with Crippen LogP contribution < -0.4 is 10.1 Å². The van der Waals surface area contributed by atoms with Gasteiger partial charge < -0.3 is 20.1 Å². The molecule has 0 atom stereocenters. The largest absolute Gasteiger partial charge is 0.506 e. The van der Waals surface area contributed by atoms with Crippen molar-refractivity contribution in [2.45, 2.75) is 39.3 Å². The third-order valence-electron chi connectivity index (χ3n) is 4.84. The van der Waals surface area contributed by atoms with Crippen molar-refractivity contribution in [2.24, 2.45) is 0 Å². The number of pyridine rings is 1. The van der Waals surface area contributed by atoms with Crippen molar-refractivity contribution in [3.8, 4) is 11.5 Å². The van der Waals surface area contributed by atoms with Crippen molar-refractivity contribution in [2.75, 3.05) is 19.7 Å². The maximum absolute atomic E-state index is 12.7. The third-order valence-corrected chi connectivity index (χ3v) is 4.84. The number of carbonyl (C=O) groups excluding carboxylic acids is 1. The molecule has 3 rings (SSSR count). The molecule has 0 radical (unpaired) electrons. The van der Waals surface area contributed by atoms with Crippen molar-refractivity contribution in [1.29, 1.82) is 0 Å². The van der Waals surface area contributed by atoms with E-state index in [2.05, 4.69) is 10.3 Å². The van der Waals surface area contributed by atoms with E-state index in [1.165, 1.54) is 0 Å². The SMILES string of the molecule is CCOc1ccc(C(=O)N2CCC(NCc3nc(C)ccc3O)CC2)cc1. The molecule has 2 heterocycles. The van der Waals surface area contributed by atoms with Gasteiger partial charge in [0.25, 0.3) is 5.91 Å². The molecule has 27 heavy (non-hydrogen) atoms. The van der Waals surface area contributed by atoms with E-state index in [4.69, 9.17) is 4.74 Å². The fraction of sp³-hybridized carbons (Fsp3) is 0.429. The monoisotopic (exact) mass is 369 g/mol. The number of aromatic hydroxyl groups is 1. The molecule has 2 aromatic rings. The number of nitrogens with one attached hydrogen (secondary N) is 1. The summed E-state index contributed by atoms with van der Waals surface area (Å²) < 4.78 is 5.42. The first-order valence-corrected chi connectivity index (χ1v) is 9.48. The van der Waals surface area contributed by atoms with Crippen LogP contribution in [0.2, 0.25) is 0 Å². The van der Waals surface area contributed by atoms with Gasteiger partial charge in [0.05, 0.1) is 12.3 Å². The molecule has 144 valence electrons. The number of aromatic nitrogens is 1. The Bertz CT molecular complexity index is 769. The predicted molar refractivity (Wildman–Crippen MR) is 104 cm³/mol. The Hall–Kier alpha value is -2.60. The standard InChI is InChI=1S/C21H27N3O3/c1-3-27-18-7-5-16(6-8-18)21(26)24-12-10-17(11-13-24)22-14-19-20(25)9-4-15(2)23-19/h4-9,17,22,25H,3,10-14H2,1-2H3. The Morgan fingerprint density at radius 3 is 2.59 bits per heavy atom. The van der Waals surface area contributed by atoms with Crippen molar-refractivity contribution in [3.63, 3.8) is 0 Å². The number of rotatable bonds is 6. The van der Waals surface area contributed by atoms with Gasteiger partial charge in [0.15, 0.2) is 0 Å². The zero-order chi connectivity index (χ0) is 19.2. The lowest BCUT2D eigenvalue weighted by atomic mass is 10.0. The Kier molecular flexibility index (Phi) is 6.29. The molecular weight excluding hydrogens is 342 g/mol. The quantitative estimate of drug-likeness (QED) is 0.819. The second kappa shape index (κ2) is 8.86. The normalized spacial score (nSPS) is 15.0. The fourth-order valence-electron chi connectivity index (χ4n) is 3.30. The van der Waals surface area contributed by atoms with Crippen LogP contribution in [0, 0.1) is 6.92 Å². The number of amides is 1.